The van der Waals surface area contributed by atoms with Crippen LogP contribution in [0, 0.1) is 40.5 Å². The molecule has 0 amide bonds. The van der Waals surface area contributed by atoms with Crippen LogP contribution in [0.1, 0.15) is 82.3 Å². The van der Waals surface area contributed by atoms with E-state index in [-0.39, 0.29) is 5.97 Å². The van der Waals surface area contributed by atoms with Crippen molar-refractivity contribution < 1.29 is 9.53 Å². The maximum Gasteiger partial charge on any atom is 0.344 e. The molecule has 0 spiro atoms. The number of carbonyl (C=O) groups excluding carboxylic acids is 1. The Bertz CT molecular complexity index is 809. The largest absolute Gasteiger partial charge is 0.423 e. The minimum Gasteiger partial charge on any atom is -0.423 e. The molecule has 0 atom stereocenters. The summed E-state index contributed by atoms with van der Waals surface area (Å²) >= 11 is 0. The first kappa shape index (κ1) is 19.7. The Morgan fingerprint density at radius 2 is 1.33 bits per heavy atom. The van der Waals surface area contributed by atoms with Crippen molar-refractivity contribution in [2.24, 2.45) is 5.92 Å². The van der Waals surface area contributed by atoms with Crippen LogP contribution in [0.5, 0.6) is 5.75 Å². The van der Waals surface area contributed by atoms with Crippen LogP contribution in [-0.4, -0.2) is 5.97 Å². The molecule has 0 heterocycles. The number of ether oxygens (including phenoxy) is 1. The second-order valence-electron chi connectivity index (χ2n) is 8.56. The lowest BCUT2D eigenvalue weighted by atomic mass is 9.78. The van der Waals surface area contributed by atoms with Gasteiger partial charge in [-0.15, -0.1) is 0 Å². The lowest BCUT2D eigenvalue weighted by molar-refractivity contribution is 0.0733. The van der Waals surface area contributed by atoms with Crippen molar-refractivity contribution in [3.8, 4) is 5.75 Å². The molecule has 3 rings (SSSR count). The molecule has 0 saturated heterocycles. The fourth-order valence-electron chi connectivity index (χ4n) is 4.36. The number of hydrogen-bond acceptors (Lipinski definition) is 2. The third-order valence-electron chi connectivity index (χ3n) is 6.36. The van der Waals surface area contributed by atoms with Gasteiger partial charge < -0.3 is 4.74 Å². The van der Waals surface area contributed by atoms with Crippen molar-refractivity contribution >= 4 is 5.97 Å². The maximum absolute atomic E-state index is 12.9. The van der Waals surface area contributed by atoms with Crippen LogP contribution in [-0.2, 0) is 0 Å². The molecule has 0 aromatic heterocycles. The average molecular weight is 365 g/mol. The van der Waals surface area contributed by atoms with Gasteiger partial charge in [0.1, 0.15) is 5.75 Å². The number of rotatable bonds is 3. The second-order valence-corrected chi connectivity index (χ2v) is 8.56. The third-order valence-corrected chi connectivity index (χ3v) is 6.36. The Labute approximate surface area is 164 Å². The molecular weight excluding hydrogens is 332 g/mol. The first-order chi connectivity index (χ1) is 12.8. The van der Waals surface area contributed by atoms with Crippen LogP contribution in [0.3, 0.4) is 0 Å². The number of benzene rings is 2. The summed E-state index contributed by atoms with van der Waals surface area (Å²) in [5.41, 5.74) is 7.67. The van der Waals surface area contributed by atoms with E-state index < -0.39 is 0 Å². The van der Waals surface area contributed by atoms with E-state index in [1.807, 2.05) is 26.0 Å². The van der Waals surface area contributed by atoms with Gasteiger partial charge in [-0.1, -0.05) is 31.9 Å². The van der Waals surface area contributed by atoms with Crippen LogP contribution < -0.4 is 4.74 Å². The normalized spacial score (nSPS) is 19.8. The monoisotopic (exact) mass is 364 g/mol. The third kappa shape index (κ3) is 4.26. The summed E-state index contributed by atoms with van der Waals surface area (Å²) in [6.07, 6.45) is 5.12. The molecule has 0 aliphatic heterocycles. The highest BCUT2D eigenvalue weighted by atomic mass is 16.5. The second kappa shape index (κ2) is 7.88. The Hall–Kier alpha value is -2.09. The van der Waals surface area contributed by atoms with Crippen LogP contribution in [0.15, 0.2) is 24.3 Å². The van der Waals surface area contributed by atoms with Gasteiger partial charge in [-0.2, -0.15) is 0 Å². The summed E-state index contributed by atoms with van der Waals surface area (Å²) in [7, 11) is 0. The molecule has 1 aliphatic rings. The molecule has 0 bridgehead atoms. The van der Waals surface area contributed by atoms with E-state index in [2.05, 4.69) is 39.8 Å². The van der Waals surface area contributed by atoms with Crippen molar-refractivity contribution in [2.45, 2.75) is 73.1 Å². The van der Waals surface area contributed by atoms with Gasteiger partial charge in [0, 0.05) is 0 Å². The molecule has 144 valence electrons. The first-order valence-electron chi connectivity index (χ1n) is 10.2. The Balaban J connectivity index is 1.83. The molecule has 27 heavy (non-hydrogen) atoms. The number of esters is 1. The molecule has 0 radical (unpaired) electrons. The summed E-state index contributed by atoms with van der Waals surface area (Å²) in [4.78, 5) is 12.9. The number of carbonyl (C=O) groups is 1. The Kier molecular flexibility index (Phi) is 5.74. The fourth-order valence-corrected chi connectivity index (χ4v) is 4.36. The van der Waals surface area contributed by atoms with E-state index in [1.165, 1.54) is 36.8 Å². The topological polar surface area (TPSA) is 26.3 Å². The van der Waals surface area contributed by atoms with E-state index >= 15 is 0 Å². The van der Waals surface area contributed by atoms with Crippen molar-refractivity contribution in [1.82, 2.24) is 0 Å². The van der Waals surface area contributed by atoms with Gasteiger partial charge in [0.25, 0.3) is 0 Å². The lowest BCUT2D eigenvalue weighted by Gasteiger charge is -2.27. The highest BCUT2D eigenvalue weighted by Gasteiger charge is 2.23. The van der Waals surface area contributed by atoms with Crippen molar-refractivity contribution in [3.05, 3.63) is 63.2 Å². The molecule has 2 heteroatoms. The lowest BCUT2D eigenvalue weighted by Crippen LogP contribution is -2.15. The molecule has 0 unspecified atom stereocenters. The molecular formula is C25H32O2. The molecule has 1 saturated carbocycles. The first-order valence-corrected chi connectivity index (χ1v) is 10.2. The van der Waals surface area contributed by atoms with Gasteiger partial charge in [-0.3, -0.25) is 0 Å². The van der Waals surface area contributed by atoms with Crippen LogP contribution in [0.2, 0.25) is 0 Å². The Morgan fingerprint density at radius 3 is 1.85 bits per heavy atom. The van der Waals surface area contributed by atoms with E-state index in [0.29, 0.717) is 17.2 Å². The van der Waals surface area contributed by atoms with Crippen LogP contribution in [0.4, 0.5) is 0 Å². The van der Waals surface area contributed by atoms with Gasteiger partial charge in [0.2, 0.25) is 0 Å². The molecule has 2 aromatic rings. The highest BCUT2D eigenvalue weighted by molar-refractivity contribution is 5.94. The van der Waals surface area contributed by atoms with Gasteiger partial charge in [-0.05, 0) is 105 Å². The molecule has 2 nitrogen and oxygen atoms in total. The zero-order valence-corrected chi connectivity index (χ0v) is 17.6. The number of aryl methyl sites for hydroxylation is 4. The summed E-state index contributed by atoms with van der Waals surface area (Å²) < 4.78 is 5.74. The van der Waals surface area contributed by atoms with E-state index in [4.69, 9.17) is 4.74 Å². The minimum atomic E-state index is -0.253. The smallest absolute Gasteiger partial charge is 0.344 e. The minimum absolute atomic E-state index is 0.253. The SMILES string of the molecule is Cc1cc(OC(=O)c2c(C)cc(C3CCC(C)CC3)cc2C)cc(C)c1C. The molecule has 0 N–H and O–H groups in total. The zero-order valence-electron chi connectivity index (χ0n) is 17.6. The highest BCUT2D eigenvalue weighted by Crippen LogP contribution is 2.37. The van der Waals surface area contributed by atoms with Gasteiger partial charge in [0.15, 0.2) is 0 Å². The van der Waals surface area contributed by atoms with Gasteiger partial charge in [0.05, 0.1) is 5.56 Å². The summed E-state index contributed by atoms with van der Waals surface area (Å²) in [6, 6.07) is 8.30. The summed E-state index contributed by atoms with van der Waals surface area (Å²) in [5, 5.41) is 0. The van der Waals surface area contributed by atoms with Gasteiger partial charge >= 0.3 is 5.97 Å². The van der Waals surface area contributed by atoms with E-state index in [1.54, 1.807) is 0 Å². The van der Waals surface area contributed by atoms with Crippen molar-refractivity contribution in [3.63, 3.8) is 0 Å². The molecule has 1 fully saturated rings. The standard InChI is InChI=1S/C25H32O2/c1-15-7-9-21(10-8-15)22-11-18(4)24(19(5)12-22)25(26)27-23-13-16(2)20(6)17(3)14-23/h11-15,21H,7-10H2,1-6H3. The summed E-state index contributed by atoms with van der Waals surface area (Å²) in [5.74, 6) is 1.85. The van der Waals surface area contributed by atoms with Crippen LogP contribution in [0.25, 0.3) is 0 Å². The van der Waals surface area contributed by atoms with Crippen LogP contribution >= 0.6 is 0 Å². The molecule has 1 aliphatic carbocycles. The predicted molar refractivity (Wildman–Crippen MR) is 112 cm³/mol. The number of hydrogen-bond donors (Lipinski definition) is 0. The van der Waals surface area contributed by atoms with E-state index in [9.17, 15) is 4.79 Å². The van der Waals surface area contributed by atoms with E-state index in [0.717, 1.165) is 28.2 Å². The predicted octanol–water partition coefficient (Wildman–Crippen LogP) is 6.74. The van der Waals surface area contributed by atoms with Crippen molar-refractivity contribution in [2.75, 3.05) is 0 Å². The zero-order chi connectivity index (χ0) is 19.7. The van der Waals surface area contributed by atoms with Crippen molar-refractivity contribution in [1.29, 1.82) is 0 Å². The Morgan fingerprint density at radius 1 is 0.815 bits per heavy atom. The quantitative estimate of drug-likeness (QED) is 0.445. The maximum atomic E-state index is 12.9. The average Bonchev–Trinajstić information content (AvgIpc) is 2.59. The molecule has 2 aromatic carbocycles. The van der Waals surface area contributed by atoms with Gasteiger partial charge in [-0.25, -0.2) is 4.79 Å². The fraction of sp³-hybridized carbons (Fsp3) is 0.480. The summed E-state index contributed by atoms with van der Waals surface area (Å²) in [6.45, 7) is 12.6.